The van der Waals surface area contributed by atoms with Gasteiger partial charge in [0.15, 0.2) is 0 Å². The summed E-state index contributed by atoms with van der Waals surface area (Å²) in [6.07, 6.45) is -1.71. The van der Waals surface area contributed by atoms with Gasteiger partial charge >= 0.3 is 6.18 Å². The molecule has 2 amide bonds. The number of ether oxygens (including phenoxy) is 1. The Morgan fingerprint density at radius 3 is 2.40 bits per heavy atom. The highest BCUT2D eigenvalue weighted by atomic mass is 32.2. The lowest BCUT2D eigenvalue weighted by Crippen LogP contribution is -2.43. The van der Waals surface area contributed by atoms with Gasteiger partial charge in [-0.05, 0) is 48.0 Å². The van der Waals surface area contributed by atoms with E-state index in [1.54, 1.807) is 31.4 Å². The molecule has 1 heterocycles. The number of carbonyl (C=O) groups is 2. The molecule has 0 radical (unpaired) electrons. The van der Waals surface area contributed by atoms with Crippen LogP contribution in [0.1, 0.15) is 11.1 Å². The smallest absolute Gasteiger partial charge is 0.416 e. The molecule has 5 nitrogen and oxygen atoms in total. The maximum Gasteiger partial charge on any atom is 0.416 e. The highest BCUT2D eigenvalue weighted by molar-refractivity contribution is 7.99. The number of thioether (sulfide) groups is 1. The van der Waals surface area contributed by atoms with Crippen molar-refractivity contribution in [1.29, 1.82) is 0 Å². The summed E-state index contributed by atoms with van der Waals surface area (Å²) < 4.78 is 43.0. The van der Waals surface area contributed by atoms with Crippen molar-refractivity contribution in [2.24, 2.45) is 0 Å². The van der Waals surface area contributed by atoms with Crippen LogP contribution >= 0.6 is 11.8 Å². The van der Waals surface area contributed by atoms with Crippen LogP contribution in [0.5, 0.6) is 5.75 Å². The lowest BCUT2D eigenvalue weighted by molar-refractivity contribution is -0.137. The van der Waals surface area contributed by atoms with Gasteiger partial charge in [0.1, 0.15) is 11.8 Å². The van der Waals surface area contributed by atoms with Gasteiger partial charge in [0.25, 0.3) is 0 Å². The fourth-order valence-electron chi connectivity index (χ4n) is 2.82. The average Bonchev–Trinajstić information content (AvgIpc) is 3.22. The van der Waals surface area contributed by atoms with E-state index in [9.17, 15) is 22.8 Å². The molecule has 3 rings (SSSR count). The number of methoxy groups -OCH3 is 1. The number of anilines is 1. The van der Waals surface area contributed by atoms with E-state index in [4.69, 9.17) is 4.74 Å². The predicted molar refractivity (Wildman–Crippen MR) is 110 cm³/mol. The molecule has 1 aliphatic heterocycles. The molecule has 1 aliphatic rings. The normalized spacial score (nSPS) is 16.7. The van der Waals surface area contributed by atoms with Crippen LogP contribution in [0, 0.1) is 0 Å². The van der Waals surface area contributed by atoms with Gasteiger partial charge in [-0.1, -0.05) is 12.1 Å². The summed E-state index contributed by atoms with van der Waals surface area (Å²) in [5.41, 5.74) is 0.296. The zero-order chi connectivity index (χ0) is 21.7. The third-order valence-corrected chi connectivity index (χ3v) is 5.49. The maximum absolute atomic E-state index is 12.6. The molecule has 2 aromatic rings. The molecule has 2 aromatic carbocycles. The molecule has 158 valence electrons. The Hall–Kier alpha value is -2.94. The van der Waals surface area contributed by atoms with Gasteiger partial charge in [-0.3, -0.25) is 9.59 Å². The van der Waals surface area contributed by atoms with Crippen molar-refractivity contribution in [3.8, 4) is 5.75 Å². The van der Waals surface area contributed by atoms with Gasteiger partial charge in [0.2, 0.25) is 11.8 Å². The van der Waals surface area contributed by atoms with Crippen LogP contribution in [0.25, 0.3) is 6.08 Å². The van der Waals surface area contributed by atoms with Crippen molar-refractivity contribution in [2.75, 3.05) is 24.1 Å². The average molecular weight is 436 g/mol. The standard InChI is InChI=1S/C21H19F3N2O3S/c1-29-17-9-7-16(8-10-17)25-20(28)18-12-30-13-26(18)19(27)11-4-14-2-5-15(6-3-14)21(22,23)24/h2-11,18H,12-13H2,1H3,(H,25,28). The summed E-state index contributed by atoms with van der Waals surface area (Å²) in [6.45, 7) is 0. The molecule has 0 spiro atoms. The number of hydrogen-bond donors (Lipinski definition) is 1. The molecular formula is C21H19F3N2O3S. The number of rotatable bonds is 5. The summed E-state index contributed by atoms with van der Waals surface area (Å²) >= 11 is 1.46. The maximum atomic E-state index is 12.6. The SMILES string of the molecule is COc1ccc(NC(=O)C2CSCN2C(=O)C=Cc2ccc(C(F)(F)F)cc2)cc1. The molecule has 0 aliphatic carbocycles. The summed E-state index contributed by atoms with van der Waals surface area (Å²) in [5.74, 6) is 0.796. The van der Waals surface area contributed by atoms with Gasteiger partial charge in [-0.15, -0.1) is 11.8 Å². The van der Waals surface area contributed by atoms with E-state index < -0.39 is 17.8 Å². The van der Waals surface area contributed by atoms with Gasteiger partial charge in [0.05, 0.1) is 18.6 Å². The topological polar surface area (TPSA) is 58.6 Å². The van der Waals surface area contributed by atoms with Crippen molar-refractivity contribution in [3.05, 3.63) is 65.7 Å². The van der Waals surface area contributed by atoms with Crippen LogP contribution in [0.2, 0.25) is 0 Å². The third-order valence-electron chi connectivity index (χ3n) is 4.48. The number of hydrogen-bond acceptors (Lipinski definition) is 4. The minimum absolute atomic E-state index is 0.304. The summed E-state index contributed by atoms with van der Waals surface area (Å²) in [5, 5.41) is 2.78. The Morgan fingerprint density at radius 2 is 1.80 bits per heavy atom. The van der Waals surface area contributed by atoms with Gasteiger partial charge in [-0.2, -0.15) is 13.2 Å². The number of nitrogens with zero attached hydrogens (tertiary/aromatic N) is 1. The van der Waals surface area contributed by atoms with Crippen LogP contribution in [0.4, 0.5) is 18.9 Å². The van der Waals surface area contributed by atoms with E-state index in [1.165, 1.54) is 40.9 Å². The zero-order valence-electron chi connectivity index (χ0n) is 16.0. The Kier molecular flexibility index (Phi) is 6.71. The van der Waals surface area contributed by atoms with Crippen LogP contribution < -0.4 is 10.1 Å². The van der Waals surface area contributed by atoms with E-state index in [2.05, 4.69) is 5.32 Å². The predicted octanol–water partition coefficient (Wildman–Crippen LogP) is 4.27. The lowest BCUT2D eigenvalue weighted by Gasteiger charge is -2.21. The molecule has 1 atom stereocenters. The quantitative estimate of drug-likeness (QED) is 0.712. The molecule has 1 fully saturated rings. The fraction of sp³-hybridized carbons (Fsp3) is 0.238. The fourth-order valence-corrected chi connectivity index (χ4v) is 3.99. The Balaban J connectivity index is 1.63. The molecule has 0 bridgehead atoms. The van der Waals surface area contributed by atoms with Crippen LogP contribution in [0.3, 0.4) is 0 Å². The van der Waals surface area contributed by atoms with E-state index in [-0.39, 0.29) is 11.8 Å². The molecule has 9 heteroatoms. The first kappa shape index (κ1) is 21.8. The molecule has 30 heavy (non-hydrogen) atoms. The number of benzene rings is 2. The van der Waals surface area contributed by atoms with E-state index in [0.29, 0.717) is 28.6 Å². The number of amides is 2. The first-order chi connectivity index (χ1) is 14.3. The van der Waals surface area contributed by atoms with Crippen LogP contribution in [-0.4, -0.2) is 41.5 Å². The van der Waals surface area contributed by atoms with Crippen molar-refractivity contribution in [2.45, 2.75) is 12.2 Å². The van der Waals surface area contributed by atoms with Crippen molar-refractivity contribution in [3.63, 3.8) is 0 Å². The number of halogens is 3. The first-order valence-corrected chi connectivity index (χ1v) is 10.1. The molecule has 1 unspecified atom stereocenters. The van der Waals surface area contributed by atoms with Gasteiger partial charge in [-0.25, -0.2) is 0 Å². The zero-order valence-corrected chi connectivity index (χ0v) is 16.8. The lowest BCUT2D eigenvalue weighted by atomic mass is 10.1. The van der Waals surface area contributed by atoms with E-state index in [0.717, 1.165) is 12.1 Å². The first-order valence-electron chi connectivity index (χ1n) is 8.96. The second kappa shape index (κ2) is 9.25. The van der Waals surface area contributed by atoms with Crippen molar-refractivity contribution < 1.29 is 27.5 Å². The van der Waals surface area contributed by atoms with E-state index in [1.807, 2.05) is 0 Å². The number of carbonyl (C=O) groups excluding carboxylic acids is 2. The minimum atomic E-state index is -4.41. The third kappa shape index (κ3) is 5.35. The second-order valence-electron chi connectivity index (χ2n) is 6.49. The van der Waals surface area contributed by atoms with E-state index >= 15 is 0 Å². The minimum Gasteiger partial charge on any atom is -0.497 e. The summed E-state index contributed by atoms with van der Waals surface area (Å²) in [4.78, 5) is 26.6. The molecule has 1 N–H and O–H groups in total. The molecule has 0 saturated carbocycles. The van der Waals surface area contributed by atoms with Gasteiger partial charge in [0, 0.05) is 17.5 Å². The highest BCUT2D eigenvalue weighted by Gasteiger charge is 2.34. The van der Waals surface area contributed by atoms with Crippen molar-refractivity contribution >= 4 is 35.3 Å². The number of alkyl halides is 3. The molecule has 1 saturated heterocycles. The Labute approximate surface area is 175 Å². The monoisotopic (exact) mass is 436 g/mol. The number of nitrogens with one attached hydrogen (secondary N) is 1. The Bertz CT molecular complexity index is 928. The van der Waals surface area contributed by atoms with Crippen molar-refractivity contribution in [1.82, 2.24) is 4.90 Å². The largest absolute Gasteiger partial charge is 0.497 e. The van der Waals surface area contributed by atoms with Crippen LogP contribution in [0.15, 0.2) is 54.6 Å². The van der Waals surface area contributed by atoms with Gasteiger partial charge < -0.3 is 15.0 Å². The highest BCUT2D eigenvalue weighted by Crippen LogP contribution is 2.29. The summed E-state index contributed by atoms with van der Waals surface area (Å²) in [7, 11) is 1.55. The summed E-state index contributed by atoms with van der Waals surface area (Å²) in [6, 6.07) is 10.7. The second-order valence-corrected chi connectivity index (χ2v) is 7.49. The Morgan fingerprint density at radius 1 is 1.13 bits per heavy atom. The van der Waals surface area contributed by atoms with Crippen LogP contribution in [-0.2, 0) is 15.8 Å². The molecular weight excluding hydrogens is 417 g/mol. The molecule has 0 aromatic heterocycles.